The van der Waals surface area contributed by atoms with Gasteiger partial charge in [0.1, 0.15) is 17.7 Å². The lowest BCUT2D eigenvalue weighted by molar-refractivity contribution is -0.118. The summed E-state index contributed by atoms with van der Waals surface area (Å²) in [6.07, 6.45) is 2.15. The summed E-state index contributed by atoms with van der Waals surface area (Å²) in [7, 11) is 0. The van der Waals surface area contributed by atoms with E-state index in [2.05, 4.69) is 16.0 Å². The third kappa shape index (κ3) is 6.16. The average Bonchev–Trinajstić information content (AvgIpc) is 3.40. The quantitative estimate of drug-likeness (QED) is 0.273. The van der Waals surface area contributed by atoms with Gasteiger partial charge < -0.3 is 20.9 Å². The van der Waals surface area contributed by atoms with Crippen molar-refractivity contribution in [2.24, 2.45) is 0 Å². The van der Waals surface area contributed by atoms with Crippen molar-refractivity contribution in [1.82, 2.24) is 10.2 Å². The average molecular weight is 494 g/mol. The number of halogens is 2. The Labute approximate surface area is 207 Å². The zero-order valence-electron chi connectivity index (χ0n) is 18.9. The van der Waals surface area contributed by atoms with Gasteiger partial charge in [0.05, 0.1) is 0 Å². The molecule has 0 radical (unpaired) electrons. The van der Waals surface area contributed by atoms with Crippen LogP contribution >= 0.6 is 11.6 Å². The van der Waals surface area contributed by atoms with Crippen molar-refractivity contribution >= 4 is 40.7 Å². The molecule has 0 spiro atoms. The maximum absolute atomic E-state index is 14.6. The number of amidine groups is 1. The molecule has 4 N–H and O–H groups in total. The smallest absolute Gasteiger partial charge is 0.320 e. The van der Waals surface area contributed by atoms with Gasteiger partial charge in [-0.15, -0.1) is 0 Å². The Balaban J connectivity index is 1.48. The fraction of sp³-hybridized carbons (Fsp3) is 0.192. The summed E-state index contributed by atoms with van der Waals surface area (Å²) in [4.78, 5) is 27.8. The minimum Gasteiger partial charge on any atom is -0.357 e. The molecule has 180 valence electrons. The zero-order valence-corrected chi connectivity index (χ0v) is 19.6. The number of carbonyl (C=O) groups is 2. The number of benzene rings is 3. The normalized spacial score (nSPS) is 13.7. The van der Waals surface area contributed by atoms with Crippen LogP contribution in [-0.4, -0.2) is 35.8 Å². The summed E-state index contributed by atoms with van der Waals surface area (Å²) in [6, 6.07) is 17.2. The summed E-state index contributed by atoms with van der Waals surface area (Å²) in [5, 5.41) is 16.8. The third-order valence-electron chi connectivity index (χ3n) is 5.70. The molecule has 1 unspecified atom stereocenters. The van der Waals surface area contributed by atoms with Gasteiger partial charge in [-0.3, -0.25) is 10.2 Å². The number of carbonyl (C=O) groups excluding carboxylic acids is 2. The number of rotatable bonds is 6. The summed E-state index contributed by atoms with van der Waals surface area (Å²) in [5.41, 5.74) is 1.71. The predicted molar refractivity (Wildman–Crippen MR) is 135 cm³/mol. The van der Waals surface area contributed by atoms with Crippen LogP contribution in [0.3, 0.4) is 0 Å². The topological polar surface area (TPSA) is 97.3 Å². The minimum atomic E-state index is -1.29. The maximum Gasteiger partial charge on any atom is 0.320 e. The van der Waals surface area contributed by atoms with Gasteiger partial charge in [-0.25, -0.2) is 9.18 Å². The summed E-state index contributed by atoms with van der Waals surface area (Å²) in [5.74, 6) is -0.775. The first-order valence-corrected chi connectivity index (χ1v) is 11.6. The highest BCUT2D eigenvalue weighted by Crippen LogP contribution is 2.21. The van der Waals surface area contributed by atoms with Gasteiger partial charge in [0, 0.05) is 40.6 Å². The number of amides is 3. The molecule has 35 heavy (non-hydrogen) atoms. The van der Waals surface area contributed by atoms with Crippen molar-refractivity contribution in [3.8, 4) is 0 Å². The van der Waals surface area contributed by atoms with Crippen molar-refractivity contribution in [2.75, 3.05) is 23.7 Å². The molecular formula is C26H25ClFN5O2. The number of nitrogens with zero attached hydrogens (tertiary/aromatic N) is 1. The van der Waals surface area contributed by atoms with E-state index in [0.717, 1.165) is 31.5 Å². The van der Waals surface area contributed by atoms with Crippen molar-refractivity contribution in [3.05, 3.63) is 94.8 Å². The van der Waals surface area contributed by atoms with Crippen LogP contribution in [0.4, 0.5) is 20.6 Å². The molecule has 1 heterocycles. The van der Waals surface area contributed by atoms with Crippen LogP contribution in [0.2, 0.25) is 5.02 Å². The molecule has 3 amide bonds. The Kier molecular flexibility index (Phi) is 7.62. The molecule has 3 aromatic carbocycles. The van der Waals surface area contributed by atoms with Crippen molar-refractivity contribution in [1.29, 1.82) is 5.41 Å². The Morgan fingerprint density at radius 2 is 1.49 bits per heavy atom. The van der Waals surface area contributed by atoms with Crippen LogP contribution < -0.4 is 16.0 Å². The molecule has 1 aliphatic heterocycles. The van der Waals surface area contributed by atoms with Crippen LogP contribution in [0, 0.1) is 11.2 Å². The van der Waals surface area contributed by atoms with E-state index in [0.29, 0.717) is 22.2 Å². The standard InChI is InChI=1S/C26H25ClFN5O2/c27-18-9-13-20(14-10-18)31-26(35)32-23(21-5-1-2-6-22(21)28)25(34)30-19-11-7-17(8-12-19)24(29)33-15-3-4-16-33/h1-2,5-14,23,29H,3-4,15-16H2,(H,30,34)(H2,31,32,35). The second-order valence-electron chi connectivity index (χ2n) is 8.17. The highest BCUT2D eigenvalue weighted by Gasteiger charge is 2.26. The molecule has 1 fully saturated rings. The summed E-state index contributed by atoms with van der Waals surface area (Å²) >= 11 is 5.87. The first-order chi connectivity index (χ1) is 16.9. The predicted octanol–water partition coefficient (Wildman–Crippen LogP) is 5.40. The van der Waals surface area contributed by atoms with E-state index in [1.807, 2.05) is 4.90 Å². The molecular weight excluding hydrogens is 469 g/mol. The second kappa shape index (κ2) is 11.0. The number of likely N-dealkylation sites (tertiary alicyclic amines) is 1. The fourth-order valence-corrected chi connectivity index (χ4v) is 4.00. The summed E-state index contributed by atoms with van der Waals surface area (Å²) in [6.45, 7) is 1.73. The molecule has 9 heteroatoms. The third-order valence-corrected chi connectivity index (χ3v) is 5.96. The van der Waals surface area contributed by atoms with Crippen LogP contribution in [-0.2, 0) is 4.79 Å². The van der Waals surface area contributed by atoms with Gasteiger partial charge in [-0.1, -0.05) is 29.8 Å². The van der Waals surface area contributed by atoms with Gasteiger partial charge in [0.15, 0.2) is 0 Å². The van der Waals surface area contributed by atoms with E-state index >= 15 is 0 Å². The summed E-state index contributed by atoms with van der Waals surface area (Å²) < 4.78 is 14.6. The number of anilines is 2. The molecule has 0 aromatic heterocycles. The highest BCUT2D eigenvalue weighted by molar-refractivity contribution is 6.30. The monoisotopic (exact) mass is 493 g/mol. The van der Waals surface area contributed by atoms with E-state index in [9.17, 15) is 14.0 Å². The molecule has 1 aliphatic rings. The zero-order chi connectivity index (χ0) is 24.8. The Morgan fingerprint density at radius 3 is 2.14 bits per heavy atom. The molecule has 7 nitrogen and oxygen atoms in total. The van der Waals surface area contributed by atoms with Crippen molar-refractivity contribution < 1.29 is 14.0 Å². The number of hydrogen-bond acceptors (Lipinski definition) is 3. The Bertz CT molecular complexity index is 1210. The van der Waals surface area contributed by atoms with Gasteiger partial charge in [0.2, 0.25) is 0 Å². The van der Waals surface area contributed by atoms with E-state index in [4.69, 9.17) is 17.0 Å². The number of nitrogens with one attached hydrogen (secondary N) is 4. The Hall–Kier alpha value is -3.91. The molecule has 3 aromatic rings. The van der Waals surface area contributed by atoms with Gasteiger partial charge in [0.25, 0.3) is 5.91 Å². The van der Waals surface area contributed by atoms with Crippen LogP contribution in [0.1, 0.15) is 30.0 Å². The molecule has 0 saturated carbocycles. The maximum atomic E-state index is 14.6. The lowest BCUT2D eigenvalue weighted by atomic mass is 10.1. The fourth-order valence-electron chi connectivity index (χ4n) is 3.87. The van der Waals surface area contributed by atoms with Crippen molar-refractivity contribution in [2.45, 2.75) is 18.9 Å². The van der Waals surface area contributed by atoms with E-state index in [1.165, 1.54) is 18.2 Å². The first-order valence-electron chi connectivity index (χ1n) is 11.2. The molecule has 4 rings (SSSR count). The molecule has 0 aliphatic carbocycles. The van der Waals surface area contributed by atoms with Crippen LogP contribution in [0.25, 0.3) is 0 Å². The largest absolute Gasteiger partial charge is 0.357 e. The van der Waals surface area contributed by atoms with Gasteiger partial charge in [-0.2, -0.15) is 0 Å². The molecule has 0 bridgehead atoms. The Morgan fingerprint density at radius 1 is 0.886 bits per heavy atom. The van der Waals surface area contributed by atoms with Gasteiger partial charge >= 0.3 is 6.03 Å². The van der Waals surface area contributed by atoms with E-state index in [-0.39, 0.29) is 5.56 Å². The lowest BCUT2D eigenvalue weighted by Crippen LogP contribution is -2.39. The van der Waals surface area contributed by atoms with Gasteiger partial charge in [-0.05, 0) is 67.4 Å². The van der Waals surface area contributed by atoms with E-state index in [1.54, 1.807) is 54.6 Å². The van der Waals surface area contributed by atoms with Crippen LogP contribution in [0.5, 0.6) is 0 Å². The van der Waals surface area contributed by atoms with Crippen LogP contribution in [0.15, 0.2) is 72.8 Å². The minimum absolute atomic E-state index is 0.0312. The lowest BCUT2D eigenvalue weighted by Gasteiger charge is -2.21. The molecule has 1 atom stereocenters. The second-order valence-corrected chi connectivity index (χ2v) is 8.61. The van der Waals surface area contributed by atoms with Crippen molar-refractivity contribution in [3.63, 3.8) is 0 Å². The number of urea groups is 1. The molecule has 1 saturated heterocycles. The first kappa shape index (κ1) is 24.2. The van der Waals surface area contributed by atoms with E-state index < -0.39 is 23.8 Å². The SMILES string of the molecule is N=C(c1ccc(NC(=O)C(NC(=O)Nc2ccc(Cl)cc2)c2ccccc2F)cc1)N1CCCC1. The number of hydrogen-bond donors (Lipinski definition) is 4. The highest BCUT2D eigenvalue weighted by atomic mass is 35.5.